The highest BCUT2D eigenvalue weighted by Crippen LogP contribution is 2.29. The molecule has 1 saturated carbocycles. The molecule has 29 heavy (non-hydrogen) atoms. The van der Waals surface area contributed by atoms with Crippen molar-refractivity contribution < 1.29 is 9.53 Å². The summed E-state index contributed by atoms with van der Waals surface area (Å²) >= 11 is 0. The Balaban J connectivity index is 0.00000300. The van der Waals surface area contributed by atoms with Crippen molar-refractivity contribution in [3.8, 4) is 0 Å². The molecule has 0 aromatic heterocycles. The standard InChI is InChI=1S/C20H38N6O2.HI/c1-24(2)19(27)16-22-20(21-8-3-9-25-12-14-28-15-13-25)23-17-6-10-26(11-7-17)18-4-5-18;/h17-18H,3-16H2,1-2H3,(H2,21,22,23);1H. The first-order valence-electron chi connectivity index (χ1n) is 10.9. The van der Waals surface area contributed by atoms with Crippen LogP contribution in [0.2, 0.25) is 0 Å². The molecule has 0 spiro atoms. The second kappa shape index (κ2) is 12.9. The van der Waals surface area contributed by atoms with E-state index in [2.05, 4.69) is 25.4 Å². The molecule has 3 rings (SSSR count). The molecule has 0 unspecified atom stereocenters. The highest BCUT2D eigenvalue weighted by molar-refractivity contribution is 14.0. The summed E-state index contributed by atoms with van der Waals surface area (Å²) in [6.45, 7) is 8.19. The molecule has 3 aliphatic rings. The van der Waals surface area contributed by atoms with Crippen LogP contribution in [0.25, 0.3) is 0 Å². The number of likely N-dealkylation sites (tertiary alicyclic amines) is 1. The summed E-state index contributed by atoms with van der Waals surface area (Å²) in [6, 6.07) is 1.29. The number of carbonyl (C=O) groups excluding carboxylic acids is 1. The maximum Gasteiger partial charge on any atom is 0.243 e. The highest BCUT2D eigenvalue weighted by Gasteiger charge is 2.31. The number of hydrogen-bond donors (Lipinski definition) is 2. The van der Waals surface area contributed by atoms with Gasteiger partial charge in [-0.15, -0.1) is 24.0 Å². The van der Waals surface area contributed by atoms with Crippen LogP contribution in [0.4, 0.5) is 0 Å². The van der Waals surface area contributed by atoms with Crippen molar-refractivity contribution in [2.45, 2.75) is 44.2 Å². The molecule has 0 aromatic carbocycles. The normalized spacial score (nSPS) is 22.1. The van der Waals surface area contributed by atoms with E-state index in [-0.39, 0.29) is 36.4 Å². The van der Waals surface area contributed by atoms with Crippen molar-refractivity contribution in [2.24, 2.45) is 4.99 Å². The lowest BCUT2D eigenvalue weighted by Gasteiger charge is -2.33. The van der Waals surface area contributed by atoms with E-state index >= 15 is 0 Å². The van der Waals surface area contributed by atoms with Crippen LogP contribution >= 0.6 is 24.0 Å². The lowest BCUT2D eigenvalue weighted by atomic mass is 10.1. The lowest BCUT2D eigenvalue weighted by molar-refractivity contribution is -0.127. The van der Waals surface area contributed by atoms with Gasteiger partial charge in [0.15, 0.2) is 5.96 Å². The van der Waals surface area contributed by atoms with E-state index in [1.165, 1.54) is 25.9 Å². The first kappa shape index (κ1) is 24.6. The third kappa shape index (κ3) is 8.94. The van der Waals surface area contributed by atoms with Crippen LogP contribution in [0.3, 0.4) is 0 Å². The van der Waals surface area contributed by atoms with Gasteiger partial charge in [-0.25, -0.2) is 4.99 Å². The zero-order valence-electron chi connectivity index (χ0n) is 18.1. The molecule has 8 nitrogen and oxygen atoms in total. The number of ether oxygens (including phenoxy) is 1. The van der Waals surface area contributed by atoms with Gasteiger partial charge in [0.05, 0.1) is 13.2 Å². The lowest BCUT2D eigenvalue weighted by Crippen LogP contribution is -2.49. The third-order valence-corrected chi connectivity index (χ3v) is 5.85. The van der Waals surface area contributed by atoms with E-state index in [4.69, 9.17) is 4.74 Å². The van der Waals surface area contributed by atoms with Crippen molar-refractivity contribution in [3.05, 3.63) is 0 Å². The Bertz CT molecular complexity index is 515. The van der Waals surface area contributed by atoms with Crippen molar-refractivity contribution >= 4 is 35.8 Å². The molecular formula is C20H39IN6O2. The average molecular weight is 522 g/mol. The first-order chi connectivity index (χ1) is 13.6. The second-order valence-corrected chi connectivity index (χ2v) is 8.37. The van der Waals surface area contributed by atoms with E-state index in [1.807, 2.05) is 0 Å². The molecule has 2 heterocycles. The number of rotatable bonds is 8. The minimum Gasteiger partial charge on any atom is -0.379 e. The average Bonchev–Trinajstić information content (AvgIpc) is 3.55. The Morgan fingerprint density at radius 3 is 2.41 bits per heavy atom. The van der Waals surface area contributed by atoms with Gasteiger partial charge in [-0.2, -0.15) is 0 Å². The Kier molecular flexibility index (Phi) is 11.0. The smallest absolute Gasteiger partial charge is 0.243 e. The number of likely N-dealkylation sites (N-methyl/N-ethyl adjacent to an activating group) is 1. The maximum atomic E-state index is 11.9. The van der Waals surface area contributed by atoms with E-state index in [0.717, 1.165) is 70.7 Å². The molecule has 0 radical (unpaired) electrons. The van der Waals surface area contributed by atoms with Crippen molar-refractivity contribution in [2.75, 3.05) is 73.1 Å². The largest absolute Gasteiger partial charge is 0.379 e. The number of aliphatic imine (C=N–C) groups is 1. The maximum absolute atomic E-state index is 11.9. The van der Waals surface area contributed by atoms with E-state index in [9.17, 15) is 4.79 Å². The fourth-order valence-corrected chi connectivity index (χ4v) is 3.82. The van der Waals surface area contributed by atoms with Gasteiger partial charge in [-0.3, -0.25) is 9.69 Å². The summed E-state index contributed by atoms with van der Waals surface area (Å²) in [7, 11) is 3.54. The monoisotopic (exact) mass is 522 g/mol. The zero-order valence-corrected chi connectivity index (χ0v) is 20.4. The van der Waals surface area contributed by atoms with Crippen LogP contribution in [0, 0.1) is 0 Å². The molecule has 0 aromatic rings. The molecule has 9 heteroatoms. The summed E-state index contributed by atoms with van der Waals surface area (Å²) in [5.74, 6) is 0.806. The fourth-order valence-electron chi connectivity index (χ4n) is 3.82. The van der Waals surface area contributed by atoms with Crippen molar-refractivity contribution in [3.63, 3.8) is 0 Å². The third-order valence-electron chi connectivity index (χ3n) is 5.85. The predicted molar refractivity (Wildman–Crippen MR) is 127 cm³/mol. The molecular weight excluding hydrogens is 483 g/mol. The number of carbonyl (C=O) groups is 1. The van der Waals surface area contributed by atoms with Gasteiger partial charge in [0.1, 0.15) is 6.54 Å². The Morgan fingerprint density at radius 2 is 1.79 bits per heavy atom. The van der Waals surface area contributed by atoms with E-state index < -0.39 is 0 Å². The van der Waals surface area contributed by atoms with Crippen LogP contribution in [-0.4, -0.2) is 112 Å². The zero-order chi connectivity index (χ0) is 19.8. The summed E-state index contributed by atoms with van der Waals surface area (Å²) in [6.07, 6.45) is 6.10. The number of piperidine rings is 1. The molecule has 3 fully saturated rings. The summed E-state index contributed by atoms with van der Waals surface area (Å²) in [5, 5.41) is 7.02. The Morgan fingerprint density at radius 1 is 1.10 bits per heavy atom. The minimum atomic E-state index is 0. The van der Waals surface area contributed by atoms with E-state index in [0.29, 0.717) is 6.04 Å². The van der Waals surface area contributed by atoms with Gasteiger partial charge in [-0.1, -0.05) is 0 Å². The van der Waals surface area contributed by atoms with Crippen LogP contribution in [0.1, 0.15) is 32.1 Å². The minimum absolute atomic E-state index is 0. The SMILES string of the molecule is CN(C)C(=O)CN=C(NCCCN1CCOCC1)NC1CCN(C2CC2)CC1.I. The first-order valence-corrected chi connectivity index (χ1v) is 10.9. The summed E-state index contributed by atoms with van der Waals surface area (Å²) < 4.78 is 5.40. The number of halogens is 1. The van der Waals surface area contributed by atoms with Gasteiger partial charge in [0.2, 0.25) is 5.91 Å². The number of amides is 1. The molecule has 168 valence electrons. The molecule has 2 aliphatic heterocycles. The summed E-state index contributed by atoms with van der Waals surface area (Å²) in [4.78, 5) is 23.1. The van der Waals surface area contributed by atoms with Crippen molar-refractivity contribution in [1.29, 1.82) is 0 Å². The van der Waals surface area contributed by atoms with Crippen LogP contribution in [0.5, 0.6) is 0 Å². The molecule has 1 aliphatic carbocycles. The number of hydrogen-bond acceptors (Lipinski definition) is 5. The summed E-state index contributed by atoms with van der Waals surface area (Å²) in [5.41, 5.74) is 0. The predicted octanol–water partition coefficient (Wildman–Crippen LogP) is 0.577. The van der Waals surface area contributed by atoms with E-state index in [1.54, 1.807) is 19.0 Å². The van der Waals surface area contributed by atoms with Gasteiger partial charge >= 0.3 is 0 Å². The van der Waals surface area contributed by atoms with Gasteiger partial charge in [0, 0.05) is 58.9 Å². The molecule has 2 saturated heterocycles. The highest BCUT2D eigenvalue weighted by atomic mass is 127. The van der Waals surface area contributed by atoms with Gasteiger partial charge in [-0.05, 0) is 38.6 Å². The fraction of sp³-hybridized carbons (Fsp3) is 0.900. The van der Waals surface area contributed by atoms with Crippen LogP contribution < -0.4 is 10.6 Å². The van der Waals surface area contributed by atoms with Crippen LogP contribution in [0.15, 0.2) is 4.99 Å². The number of morpholine rings is 1. The van der Waals surface area contributed by atoms with Gasteiger partial charge < -0.3 is 25.2 Å². The van der Waals surface area contributed by atoms with Gasteiger partial charge in [0.25, 0.3) is 0 Å². The van der Waals surface area contributed by atoms with Crippen LogP contribution in [-0.2, 0) is 9.53 Å². The quantitative estimate of drug-likeness (QED) is 0.210. The number of nitrogens with zero attached hydrogens (tertiary/aromatic N) is 4. The molecule has 2 N–H and O–H groups in total. The topological polar surface area (TPSA) is 72.4 Å². The Hall–Kier alpha value is -0.650. The molecule has 0 atom stereocenters. The molecule has 0 bridgehead atoms. The molecule has 1 amide bonds. The van der Waals surface area contributed by atoms with Crippen molar-refractivity contribution in [1.82, 2.24) is 25.3 Å². The second-order valence-electron chi connectivity index (χ2n) is 8.37. The number of guanidine groups is 1. The number of nitrogens with one attached hydrogen (secondary N) is 2. The Labute approximate surface area is 192 Å².